The van der Waals surface area contributed by atoms with Gasteiger partial charge in [-0.15, -0.1) is 0 Å². The lowest BCUT2D eigenvalue weighted by molar-refractivity contribution is -0.139. The van der Waals surface area contributed by atoms with Gasteiger partial charge in [0.2, 0.25) is 0 Å². The molecule has 0 heterocycles. The number of carbonyl (C=O) groups is 2. The van der Waals surface area contributed by atoms with Gasteiger partial charge in [-0.3, -0.25) is 4.79 Å². The average molecular weight is 327 g/mol. The van der Waals surface area contributed by atoms with Crippen molar-refractivity contribution in [1.29, 1.82) is 0 Å². The molecule has 0 bridgehead atoms. The lowest BCUT2D eigenvalue weighted by Gasteiger charge is -2.14. The molecule has 1 rings (SSSR count). The van der Waals surface area contributed by atoms with Crippen LogP contribution in [0.25, 0.3) is 0 Å². The number of carboxylic acid groups (broad SMARTS) is 1. The Balaban J connectivity index is 2.88. The number of unbranched alkanes of at least 4 members (excludes halogenated alkanes) is 1. The summed E-state index contributed by atoms with van der Waals surface area (Å²) in [5, 5.41) is 10.9. The molecule has 1 amide bonds. The van der Waals surface area contributed by atoms with Crippen molar-refractivity contribution in [1.82, 2.24) is 5.32 Å². The van der Waals surface area contributed by atoms with Crippen molar-refractivity contribution in [2.75, 3.05) is 19.9 Å². The minimum atomic E-state index is -1.57. The predicted octanol–water partition coefficient (Wildman–Crippen LogP) is 2.42. The molecule has 0 spiro atoms. The summed E-state index contributed by atoms with van der Waals surface area (Å²) in [6, 6.07) is 2.95. The molecule has 6 nitrogen and oxygen atoms in total. The SMILES string of the molecule is CCCCOc1ccc(C(=O)NC(CF)C(=O)O)cc1OCC. The van der Waals surface area contributed by atoms with E-state index in [0.717, 1.165) is 12.8 Å². The van der Waals surface area contributed by atoms with Crippen LogP contribution in [0.3, 0.4) is 0 Å². The van der Waals surface area contributed by atoms with Crippen molar-refractivity contribution in [2.24, 2.45) is 0 Å². The van der Waals surface area contributed by atoms with Crippen molar-refractivity contribution in [2.45, 2.75) is 32.7 Å². The molecule has 2 N–H and O–H groups in total. The topological polar surface area (TPSA) is 84.9 Å². The van der Waals surface area contributed by atoms with E-state index in [9.17, 15) is 14.0 Å². The Kier molecular flexibility index (Phi) is 7.87. The number of carbonyl (C=O) groups excluding carboxylic acids is 1. The van der Waals surface area contributed by atoms with Crippen LogP contribution in [0, 0.1) is 0 Å². The average Bonchev–Trinajstić information content (AvgIpc) is 2.53. The summed E-state index contributed by atoms with van der Waals surface area (Å²) in [7, 11) is 0. The van der Waals surface area contributed by atoms with Gasteiger partial charge in [0.15, 0.2) is 17.5 Å². The Morgan fingerprint density at radius 3 is 2.57 bits per heavy atom. The van der Waals surface area contributed by atoms with Gasteiger partial charge in [0, 0.05) is 5.56 Å². The number of ether oxygens (including phenoxy) is 2. The molecule has 1 unspecified atom stereocenters. The van der Waals surface area contributed by atoms with Crippen LogP contribution < -0.4 is 14.8 Å². The van der Waals surface area contributed by atoms with Crippen LogP contribution in [-0.2, 0) is 4.79 Å². The highest BCUT2D eigenvalue weighted by Crippen LogP contribution is 2.28. The van der Waals surface area contributed by atoms with Crippen LogP contribution in [0.2, 0.25) is 0 Å². The molecular formula is C16H22FNO5. The first-order chi connectivity index (χ1) is 11.0. The number of hydrogen-bond donors (Lipinski definition) is 2. The van der Waals surface area contributed by atoms with E-state index in [0.29, 0.717) is 24.7 Å². The van der Waals surface area contributed by atoms with Crippen LogP contribution in [0.1, 0.15) is 37.0 Å². The summed E-state index contributed by atoms with van der Waals surface area (Å²) in [4.78, 5) is 22.8. The van der Waals surface area contributed by atoms with Gasteiger partial charge < -0.3 is 19.9 Å². The highest BCUT2D eigenvalue weighted by Gasteiger charge is 2.21. The normalized spacial score (nSPS) is 11.6. The summed E-state index contributed by atoms with van der Waals surface area (Å²) in [5.41, 5.74) is 0.177. The van der Waals surface area contributed by atoms with Crippen LogP contribution >= 0.6 is 0 Å². The Morgan fingerprint density at radius 2 is 2.00 bits per heavy atom. The Hall–Kier alpha value is -2.31. The molecule has 0 aliphatic carbocycles. The fourth-order valence-electron chi connectivity index (χ4n) is 1.77. The number of benzene rings is 1. The number of rotatable bonds is 10. The molecule has 0 radical (unpaired) electrons. The quantitative estimate of drug-likeness (QED) is 0.645. The lowest BCUT2D eigenvalue weighted by atomic mass is 10.1. The van der Waals surface area contributed by atoms with Gasteiger partial charge in [-0.1, -0.05) is 13.3 Å². The first kappa shape index (κ1) is 18.7. The van der Waals surface area contributed by atoms with E-state index in [1.165, 1.54) is 12.1 Å². The molecule has 0 aliphatic heterocycles. The number of alkyl halides is 1. The van der Waals surface area contributed by atoms with Gasteiger partial charge in [-0.2, -0.15) is 0 Å². The zero-order valence-electron chi connectivity index (χ0n) is 13.3. The van der Waals surface area contributed by atoms with Crippen LogP contribution in [0.4, 0.5) is 4.39 Å². The third kappa shape index (κ3) is 5.77. The Bertz CT molecular complexity index is 535. The molecule has 0 aliphatic rings. The van der Waals surface area contributed by atoms with Crippen LogP contribution in [0.5, 0.6) is 11.5 Å². The molecule has 1 aromatic carbocycles. The van der Waals surface area contributed by atoms with Gasteiger partial charge in [0.25, 0.3) is 5.91 Å². The van der Waals surface area contributed by atoms with Gasteiger partial charge in [-0.05, 0) is 31.5 Å². The highest BCUT2D eigenvalue weighted by molar-refractivity contribution is 5.97. The fraction of sp³-hybridized carbons (Fsp3) is 0.500. The van der Waals surface area contributed by atoms with Gasteiger partial charge in [-0.25, -0.2) is 9.18 Å². The maximum absolute atomic E-state index is 12.6. The zero-order valence-corrected chi connectivity index (χ0v) is 13.3. The summed E-state index contributed by atoms with van der Waals surface area (Å²) in [5.74, 6) is -1.21. The third-order valence-electron chi connectivity index (χ3n) is 3.02. The minimum Gasteiger partial charge on any atom is -0.490 e. The van der Waals surface area contributed by atoms with Crippen LogP contribution in [-0.4, -0.2) is 42.9 Å². The summed E-state index contributed by atoms with van der Waals surface area (Å²) in [6.45, 7) is 3.58. The standard InChI is InChI=1S/C16H22FNO5/c1-3-5-8-23-13-7-6-11(9-14(13)22-4-2)15(19)18-12(10-17)16(20)21/h6-7,9,12H,3-5,8,10H2,1-2H3,(H,18,19)(H,20,21). The smallest absolute Gasteiger partial charge is 0.328 e. The van der Waals surface area contributed by atoms with E-state index in [1.807, 2.05) is 6.92 Å². The van der Waals surface area contributed by atoms with Crippen molar-refractivity contribution in [3.63, 3.8) is 0 Å². The van der Waals surface area contributed by atoms with Crippen molar-refractivity contribution < 1.29 is 28.6 Å². The number of carboxylic acids is 1. The maximum atomic E-state index is 12.6. The van der Waals surface area contributed by atoms with E-state index in [1.54, 1.807) is 13.0 Å². The number of halogens is 1. The molecule has 128 valence electrons. The fourth-order valence-corrected chi connectivity index (χ4v) is 1.77. The Labute approximate surface area is 134 Å². The van der Waals surface area contributed by atoms with E-state index < -0.39 is 24.6 Å². The lowest BCUT2D eigenvalue weighted by Crippen LogP contribution is -2.42. The minimum absolute atomic E-state index is 0.177. The summed E-state index contributed by atoms with van der Waals surface area (Å²) < 4.78 is 23.6. The molecule has 7 heteroatoms. The Morgan fingerprint density at radius 1 is 1.26 bits per heavy atom. The molecular weight excluding hydrogens is 305 g/mol. The number of nitrogens with one attached hydrogen (secondary N) is 1. The molecule has 0 fully saturated rings. The van der Waals surface area contributed by atoms with E-state index >= 15 is 0 Å². The first-order valence-corrected chi connectivity index (χ1v) is 7.52. The molecule has 1 atom stereocenters. The molecule has 1 aromatic rings. The summed E-state index contributed by atoms with van der Waals surface area (Å²) in [6.07, 6.45) is 1.88. The second-order valence-corrected chi connectivity index (χ2v) is 4.82. The zero-order chi connectivity index (χ0) is 17.2. The molecule has 0 saturated carbocycles. The second-order valence-electron chi connectivity index (χ2n) is 4.82. The van der Waals surface area contributed by atoms with Crippen molar-refractivity contribution in [3.05, 3.63) is 23.8 Å². The number of aliphatic carboxylic acids is 1. The van der Waals surface area contributed by atoms with Crippen molar-refractivity contribution >= 4 is 11.9 Å². The number of amides is 1. The largest absolute Gasteiger partial charge is 0.490 e. The van der Waals surface area contributed by atoms with E-state index in [4.69, 9.17) is 14.6 Å². The molecule has 0 aromatic heterocycles. The van der Waals surface area contributed by atoms with E-state index in [2.05, 4.69) is 5.32 Å². The first-order valence-electron chi connectivity index (χ1n) is 7.52. The van der Waals surface area contributed by atoms with Gasteiger partial charge >= 0.3 is 5.97 Å². The van der Waals surface area contributed by atoms with Gasteiger partial charge in [0.05, 0.1) is 13.2 Å². The van der Waals surface area contributed by atoms with E-state index in [-0.39, 0.29) is 5.56 Å². The van der Waals surface area contributed by atoms with Crippen molar-refractivity contribution in [3.8, 4) is 11.5 Å². The monoisotopic (exact) mass is 327 g/mol. The van der Waals surface area contributed by atoms with Crippen LogP contribution in [0.15, 0.2) is 18.2 Å². The maximum Gasteiger partial charge on any atom is 0.328 e. The third-order valence-corrected chi connectivity index (χ3v) is 3.02. The highest BCUT2D eigenvalue weighted by atomic mass is 19.1. The summed E-state index contributed by atoms with van der Waals surface area (Å²) >= 11 is 0. The molecule has 0 saturated heterocycles. The molecule has 23 heavy (non-hydrogen) atoms. The second kappa shape index (κ2) is 9.66. The number of hydrogen-bond acceptors (Lipinski definition) is 4. The van der Waals surface area contributed by atoms with Gasteiger partial charge in [0.1, 0.15) is 6.67 Å². The predicted molar refractivity (Wildman–Crippen MR) is 82.9 cm³/mol.